The molecule has 0 radical (unpaired) electrons. The highest BCUT2D eigenvalue weighted by atomic mass is 16.5. The summed E-state index contributed by atoms with van der Waals surface area (Å²) in [6.07, 6.45) is 2.75. The summed E-state index contributed by atoms with van der Waals surface area (Å²) in [5, 5.41) is 12.8. The summed E-state index contributed by atoms with van der Waals surface area (Å²) >= 11 is 0. The number of amides is 1. The number of carbonyl (C=O) groups is 1. The van der Waals surface area contributed by atoms with Crippen molar-refractivity contribution < 1.29 is 14.6 Å². The van der Waals surface area contributed by atoms with Crippen LogP contribution < -0.4 is 15.0 Å². The van der Waals surface area contributed by atoms with Crippen molar-refractivity contribution >= 4 is 17.4 Å². The maximum atomic E-state index is 12.7. The summed E-state index contributed by atoms with van der Waals surface area (Å²) in [5.41, 5.74) is 3.68. The van der Waals surface area contributed by atoms with Gasteiger partial charge in [0, 0.05) is 38.3 Å². The predicted octanol–water partition coefficient (Wildman–Crippen LogP) is 5.06. The zero-order chi connectivity index (χ0) is 25.7. The minimum Gasteiger partial charge on any atom is -0.504 e. The summed E-state index contributed by atoms with van der Waals surface area (Å²) in [6, 6.07) is 17.2. The van der Waals surface area contributed by atoms with Crippen LogP contribution in [0.15, 0.2) is 60.8 Å². The number of nitrogens with one attached hydrogen (secondary N) is 1. The van der Waals surface area contributed by atoms with Crippen molar-refractivity contribution in [2.75, 3.05) is 43.5 Å². The van der Waals surface area contributed by atoms with E-state index in [1.54, 1.807) is 19.4 Å². The Morgan fingerprint density at radius 1 is 1.03 bits per heavy atom. The fourth-order valence-corrected chi connectivity index (χ4v) is 4.41. The lowest BCUT2D eigenvalue weighted by atomic mass is 9.87. The monoisotopic (exact) mass is 488 g/mol. The van der Waals surface area contributed by atoms with Gasteiger partial charge in [0.25, 0.3) is 5.91 Å². The molecule has 0 spiro atoms. The number of nitrogens with zero attached hydrogens (tertiary/aromatic N) is 3. The van der Waals surface area contributed by atoms with Gasteiger partial charge in [-0.2, -0.15) is 0 Å². The second-order valence-corrected chi connectivity index (χ2v) is 10.3. The SMILES string of the molecule is COc1cc(CN2CCCN(c3ccc(NC(=O)c4ccc(C(C)(C)C)cc4)cn3)CC2)ccc1O. The van der Waals surface area contributed by atoms with Crippen molar-refractivity contribution in [1.82, 2.24) is 9.88 Å². The number of aromatic nitrogens is 1. The highest BCUT2D eigenvalue weighted by molar-refractivity contribution is 6.04. The Kier molecular flexibility index (Phi) is 7.79. The second-order valence-electron chi connectivity index (χ2n) is 10.3. The van der Waals surface area contributed by atoms with Crippen molar-refractivity contribution in [2.45, 2.75) is 39.2 Å². The first-order valence-electron chi connectivity index (χ1n) is 12.4. The van der Waals surface area contributed by atoms with Crippen molar-refractivity contribution in [2.24, 2.45) is 0 Å². The molecule has 4 rings (SSSR count). The number of hydrogen-bond donors (Lipinski definition) is 2. The van der Waals surface area contributed by atoms with Gasteiger partial charge in [0.1, 0.15) is 5.82 Å². The average Bonchev–Trinajstić information content (AvgIpc) is 3.11. The van der Waals surface area contributed by atoms with E-state index in [-0.39, 0.29) is 17.1 Å². The quantitative estimate of drug-likeness (QED) is 0.505. The zero-order valence-electron chi connectivity index (χ0n) is 21.6. The van der Waals surface area contributed by atoms with Crippen LogP contribution in [0.3, 0.4) is 0 Å². The molecule has 190 valence electrons. The number of pyridine rings is 1. The van der Waals surface area contributed by atoms with Crippen LogP contribution in [0.2, 0.25) is 0 Å². The Balaban J connectivity index is 1.32. The van der Waals surface area contributed by atoms with Gasteiger partial charge in [0.2, 0.25) is 0 Å². The van der Waals surface area contributed by atoms with E-state index >= 15 is 0 Å². The number of aromatic hydroxyl groups is 1. The number of rotatable bonds is 6. The normalized spacial score (nSPS) is 14.8. The van der Waals surface area contributed by atoms with E-state index in [1.165, 1.54) is 5.56 Å². The third-order valence-electron chi connectivity index (χ3n) is 6.58. The van der Waals surface area contributed by atoms with Crippen LogP contribution in [-0.2, 0) is 12.0 Å². The largest absolute Gasteiger partial charge is 0.504 e. The van der Waals surface area contributed by atoms with Crippen LogP contribution >= 0.6 is 0 Å². The van der Waals surface area contributed by atoms with Gasteiger partial charge in [-0.05, 0) is 59.4 Å². The molecule has 1 saturated heterocycles. The molecule has 36 heavy (non-hydrogen) atoms. The molecule has 3 aromatic rings. The Labute approximate surface area is 213 Å². The van der Waals surface area contributed by atoms with Crippen molar-refractivity contribution in [3.05, 3.63) is 77.5 Å². The molecule has 1 aliphatic heterocycles. The molecule has 7 nitrogen and oxygen atoms in total. The second kappa shape index (κ2) is 11.0. The third-order valence-corrected chi connectivity index (χ3v) is 6.58. The number of phenols is 1. The number of carbonyl (C=O) groups excluding carboxylic acids is 1. The molecule has 0 saturated carbocycles. The molecular formula is C29H36N4O3. The van der Waals surface area contributed by atoms with E-state index in [1.807, 2.05) is 48.5 Å². The fourth-order valence-electron chi connectivity index (χ4n) is 4.41. The van der Waals surface area contributed by atoms with Crippen LogP contribution in [0.25, 0.3) is 0 Å². The predicted molar refractivity (Wildman–Crippen MR) is 144 cm³/mol. The zero-order valence-corrected chi connectivity index (χ0v) is 21.6. The third kappa shape index (κ3) is 6.34. The smallest absolute Gasteiger partial charge is 0.255 e. The molecule has 2 N–H and O–H groups in total. The Bertz CT molecular complexity index is 1170. The Morgan fingerprint density at radius 3 is 2.47 bits per heavy atom. The molecule has 0 unspecified atom stereocenters. The van der Waals surface area contributed by atoms with Gasteiger partial charge in [-0.1, -0.05) is 39.0 Å². The first-order valence-corrected chi connectivity index (χ1v) is 12.4. The molecule has 0 atom stereocenters. The van der Waals surface area contributed by atoms with Crippen LogP contribution in [0.1, 0.15) is 48.7 Å². The fraction of sp³-hybridized carbons (Fsp3) is 0.379. The molecule has 1 amide bonds. The van der Waals surface area contributed by atoms with E-state index in [9.17, 15) is 9.90 Å². The van der Waals surface area contributed by atoms with Gasteiger partial charge in [0.15, 0.2) is 11.5 Å². The van der Waals surface area contributed by atoms with Crippen LogP contribution in [0.4, 0.5) is 11.5 Å². The highest BCUT2D eigenvalue weighted by Crippen LogP contribution is 2.27. The van der Waals surface area contributed by atoms with Crippen LogP contribution in [0, 0.1) is 0 Å². The summed E-state index contributed by atoms with van der Waals surface area (Å²) in [4.78, 5) is 22.0. The first-order chi connectivity index (χ1) is 17.2. The Hall–Kier alpha value is -3.58. The number of benzene rings is 2. The molecule has 1 fully saturated rings. The first kappa shape index (κ1) is 25.5. The lowest BCUT2D eigenvalue weighted by Gasteiger charge is -2.23. The Morgan fingerprint density at radius 2 is 1.81 bits per heavy atom. The van der Waals surface area contributed by atoms with Crippen molar-refractivity contribution in [1.29, 1.82) is 0 Å². The van der Waals surface area contributed by atoms with Crippen molar-refractivity contribution in [3.8, 4) is 11.5 Å². The van der Waals surface area contributed by atoms with Crippen molar-refractivity contribution in [3.63, 3.8) is 0 Å². The maximum Gasteiger partial charge on any atom is 0.255 e. The average molecular weight is 489 g/mol. The molecule has 2 aromatic carbocycles. The van der Waals surface area contributed by atoms with E-state index in [2.05, 4.69) is 40.9 Å². The van der Waals surface area contributed by atoms with Gasteiger partial charge >= 0.3 is 0 Å². The van der Waals surface area contributed by atoms with Gasteiger partial charge in [-0.25, -0.2) is 4.98 Å². The van der Waals surface area contributed by atoms with E-state index in [0.29, 0.717) is 17.0 Å². The molecule has 2 heterocycles. The minimum atomic E-state index is -0.138. The highest BCUT2D eigenvalue weighted by Gasteiger charge is 2.18. The van der Waals surface area contributed by atoms with Crippen LogP contribution in [-0.4, -0.2) is 54.2 Å². The number of anilines is 2. The molecule has 0 bridgehead atoms. The lowest BCUT2D eigenvalue weighted by molar-refractivity contribution is 0.102. The molecule has 0 aliphatic carbocycles. The molecular weight excluding hydrogens is 452 g/mol. The van der Waals surface area contributed by atoms with Gasteiger partial charge in [-0.3, -0.25) is 9.69 Å². The number of methoxy groups -OCH3 is 1. The molecule has 7 heteroatoms. The van der Waals surface area contributed by atoms with Crippen LogP contribution in [0.5, 0.6) is 11.5 Å². The van der Waals surface area contributed by atoms with E-state index in [4.69, 9.17) is 4.74 Å². The number of ether oxygens (including phenoxy) is 1. The topological polar surface area (TPSA) is 77.9 Å². The summed E-state index contributed by atoms with van der Waals surface area (Å²) in [6.45, 7) is 11.0. The summed E-state index contributed by atoms with van der Waals surface area (Å²) in [7, 11) is 1.57. The van der Waals surface area contributed by atoms with Gasteiger partial charge in [-0.15, -0.1) is 0 Å². The molecule has 1 aliphatic rings. The summed E-state index contributed by atoms with van der Waals surface area (Å²) < 4.78 is 5.24. The maximum absolute atomic E-state index is 12.7. The van der Waals surface area contributed by atoms with E-state index < -0.39 is 0 Å². The number of hydrogen-bond acceptors (Lipinski definition) is 6. The standard InChI is InChI=1S/C29H36N4O3/c1-29(2,3)23-9-7-22(8-10-23)28(35)31-24-11-13-27(30-19-24)33-15-5-14-32(16-17-33)20-21-6-12-25(34)26(18-21)36-4/h6-13,18-19,34H,5,14-17,20H2,1-4H3,(H,31,35). The van der Waals surface area contributed by atoms with Gasteiger partial charge in [0.05, 0.1) is 19.0 Å². The number of phenolic OH excluding ortho intramolecular Hbond substituents is 1. The lowest BCUT2D eigenvalue weighted by Crippen LogP contribution is -2.31. The van der Waals surface area contributed by atoms with Gasteiger partial charge < -0.3 is 20.1 Å². The summed E-state index contributed by atoms with van der Waals surface area (Å²) in [5.74, 6) is 1.44. The minimum absolute atomic E-state index is 0.0538. The molecule has 1 aromatic heterocycles. The van der Waals surface area contributed by atoms with E-state index in [0.717, 1.165) is 50.5 Å².